The minimum absolute atomic E-state index is 0.206. The number of rotatable bonds is 5. The average molecular weight is 861 g/mol. The van der Waals surface area contributed by atoms with Crippen LogP contribution in [0.5, 0.6) is 0 Å². The maximum Gasteiger partial charge on any atom is 0.236 e. The quantitative estimate of drug-likeness (QED) is 0.173. The predicted octanol–water partition coefficient (Wildman–Crippen LogP) is 12.5. The summed E-state index contributed by atoms with van der Waals surface area (Å²) in [6.07, 6.45) is 18.7. The van der Waals surface area contributed by atoms with Crippen LogP contribution in [0.25, 0.3) is 123 Å². The first kappa shape index (κ1) is 36.6. The SMILES string of the molecule is C1=CC[C@@H](n2c3ccccc3c3c4c(ccc32)c2ccccc2n4-c2ncc3c(n2)nc(-n2c4ccccc4c4c5c(ccc42)c2c(n5-c4ccccc4)=CCCC=2)n3-c2ccccc2)C=C1. The van der Waals surface area contributed by atoms with Crippen LogP contribution in [0.15, 0.2) is 188 Å². The van der Waals surface area contributed by atoms with Crippen molar-refractivity contribution in [2.75, 3.05) is 0 Å². The lowest BCUT2D eigenvalue weighted by atomic mass is 10.1. The van der Waals surface area contributed by atoms with E-state index in [9.17, 15) is 0 Å². The van der Waals surface area contributed by atoms with Crippen molar-refractivity contribution in [2.24, 2.45) is 0 Å². The molecule has 0 saturated carbocycles. The summed E-state index contributed by atoms with van der Waals surface area (Å²) in [6, 6.07) is 56.9. The van der Waals surface area contributed by atoms with Crippen LogP contribution in [0.2, 0.25) is 0 Å². The topological polar surface area (TPSA) is 63.3 Å². The average Bonchev–Trinajstić information content (AvgIpc) is 4.19. The number of hydrogen-bond acceptors (Lipinski definition) is 3. The van der Waals surface area contributed by atoms with Gasteiger partial charge in [0.2, 0.25) is 11.9 Å². The van der Waals surface area contributed by atoms with Crippen LogP contribution in [0, 0.1) is 0 Å². The molecule has 2 aliphatic carbocycles. The van der Waals surface area contributed by atoms with E-state index in [4.69, 9.17) is 15.0 Å². The van der Waals surface area contributed by atoms with E-state index in [1.54, 1.807) is 0 Å². The molecule has 0 aliphatic heterocycles. The standard InChI is InChI=1S/C59H40N8/c1-4-18-37(19-5-1)63-48-30-16-12-26-44(48)53-50(63)34-32-43-41-25-11-15-29-47(41)67(56(43)53)58-60-36-52-57(61-58)62-59(65(52)39-22-8-3-9-23-39)66-49-31-17-13-27-45(49)54-51(66)35-33-42-40-24-10-14-28-46(40)64(55(42)54)38-20-6-2-7-21-38/h1-9,11-13,15-18,20-37H,10,14,19H2/t37-/m0/s1. The third-order valence-electron chi connectivity index (χ3n) is 14.3. The Bertz CT molecular complexity index is 4420. The van der Waals surface area contributed by atoms with E-state index in [1.165, 1.54) is 54.0 Å². The van der Waals surface area contributed by atoms with E-state index < -0.39 is 0 Å². The van der Waals surface area contributed by atoms with Gasteiger partial charge < -0.3 is 9.13 Å². The third-order valence-corrected chi connectivity index (χ3v) is 14.3. The van der Waals surface area contributed by atoms with Crippen molar-refractivity contribution in [2.45, 2.75) is 25.3 Å². The van der Waals surface area contributed by atoms with E-state index in [-0.39, 0.29) is 6.04 Å². The maximum atomic E-state index is 5.59. The van der Waals surface area contributed by atoms with Crippen LogP contribution in [0.3, 0.4) is 0 Å². The minimum atomic E-state index is 0.206. The van der Waals surface area contributed by atoms with Crippen molar-refractivity contribution < 1.29 is 0 Å². The number of fused-ring (bicyclic) bond motifs is 15. The summed E-state index contributed by atoms with van der Waals surface area (Å²) in [5.41, 5.74) is 11.5. The molecule has 1 atom stereocenters. The highest BCUT2D eigenvalue weighted by Gasteiger charge is 2.27. The summed E-state index contributed by atoms with van der Waals surface area (Å²) in [7, 11) is 0. The molecular weight excluding hydrogens is 821 g/mol. The van der Waals surface area contributed by atoms with Crippen LogP contribution in [-0.4, -0.2) is 37.8 Å². The third kappa shape index (κ3) is 5.04. The fraction of sp³-hybridized carbons (Fsp3) is 0.0678. The van der Waals surface area contributed by atoms with Gasteiger partial charge in [0, 0.05) is 65.2 Å². The molecule has 7 aromatic carbocycles. The van der Waals surface area contributed by atoms with E-state index in [0.717, 1.165) is 74.9 Å². The molecule has 13 aromatic rings. The van der Waals surface area contributed by atoms with Gasteiger partial charge in [0.1, 0.15) is 5.52 Å². The second kappa shape index (κ2) is 13.9. The van der Waals surface area contributed by atoms with Gasteiger partial charge >= 0.3 is 0 Å². The number of aromatic nitrogens is 8. The Morgan fingerprint density at radius 3 is 1.85 bits per heavy atom. The Balaban J connectivity index is 1.04. The molecule has 8 heteroatoms. The van der Waals surface area contributed by atoms with Crippen LogP contribution >= 0.6 is 0 Å². The lowest BCUT2D eigenvalue weighted by Crippen LogP contribution is -2.30. The highest BCUT2D eigenvalue weighted by molar-refractivity contribution is 6.26. The normalized spacial score (nSPS) is 15.0. The fourth-order valence-corrected chi connectivity index (χ4v) is 11.6. The van der Waals surface area contributed by atoms with Gasteiger partial charge in [-0.2, -0.15) is 9.97 Å². The Hall–Kier alpha value is -8.75. The Morgan fingerprint density at radius 1 is 0.448 bits per heavy atom. The van der Waals surface area contributed by atoms with Crippen molar-refractivity contribution in [1.82, 2.24) is 37.8 Å². The molecule has 8 nitrogen and oxygen atoms in total. The van der Waals surface area contributed by atoms with Crippen LogP contribution < -0.4 is 10.6 Å². The van der Waals surface area contributed by atoms with Crippen molar-refractivity contribution in [3.8, 4) is 23.3 Å². The fourth-order valence-electron chi connectivity index (χ4n) is 11.6. The number of imidazole rings is 1. The van der Waals surface area contributed by atoms with E-state index in [0.29, 0.717) is 11.6 Å². The summed E-state index contributed by atoms with van der Waals surface area (Å²) < 4.78 is 11.8. The Labute approximate surface area is 383 Å². The molecule has 6 aromatic heterocycles. The number of hydrogen-bond donors (Lipinski definition) is 0. The molecule has 316 valence electrons. The van der Waals surface area contributed by atoms with Gasteiger partial charge in [0.15, 0.2) is 5.65 Å². The minimum Gasteiger partial charge on any atom is -0.333 e. The van der Waals surface area contributed by atoms with Crippen molar-refractivity contribution >= 4 is 99.6 Å². The molecular formula is C59H40N8. The molecule has 0 amide bonds. The molecule has 2 aliphatic rings. The largest absolute Gasteiger partial charge is 0.333 e. The molecule has 67 heavy (non-hydrogen) atoms. The summed E-state index contributed by atoms with van der Waals surface area (Å²) in [6.45, 7) is 0. The van der Waals surface area contributed by atoms with Gasteiger partial charge in [-0.1, -0.05) is 140 Å². The van der Waals surface area contributed by atoms with Crippen LogP contribution in [0.1, 0.15) is 25.3 Å². The van der Waals surface area contributed by atoms with E-state index >= 15 is 0 Å². The monoisotopic (exact) mass is 860 g/mol. The summed E-state index contributed by atoms with van der Waals surface area (Å²) in [5, 5.41) is 10.9. The molecule has 15 rings (SSSR count). The highest BCUT2D eigenvalue weighted by Crippen LogP contribution is 2.43. The molecule has 0 unspecified atom stereocenters. The van der Waals surface area contributed by atoms with Gasteiger partial charge in [0.05, 0.1) is 45.3 Å². The number of nitrogens with zero attached hydrogens (tertiary/aromatic N) is 8. The molecule has 0 bridgehead atoms. The van der Waals surface area contributed by atoms with E-state index in [2.05, 4.69) is 217 Å². The first-order chi connectivity index (χ1) is 33.3. The zero-order valence-corrected chi connectivity index (χ0v) is 36.3. The van der Waals surface area contributed by atoms with Gasteiger partial charge in [0.25, 0.3) is 0 Å². The van der Waals surface area contributed by atoms with E-state index in [1.807, 2.05) is 6.20 Å². The second-order valence-corrected chi connectivity index (χ2v) is 17.8. The summed E-state index contributed by atoms with van der Waals surface area (Å²) >= 11 is 0. The molecule has 0 fully saturated rings. The molecule has 0 radical (unpaired) electrons. The van der Waals surface area contributed by atoms with Gasteiger partial charge in [-0.3, -0.25) is 13.7 Å². The van der Waals surface area contributed by atoms with Crippen molar-refractivity contribution in [3.63, 3.8) is 0 Å². The Morgan fingerprint density at radius 2 is 1.07 bits per heavy atom. The maximum absolute atomic E-state index is 5.59. The molecule has 0 spiro atoms. The lowest BCUT2D eigenvalue weighted by molar-refractivity contribution is 0.648. The molecule has 0 saturated heterocycles. The second-order valence-electron chi connectivity index (χ2n) is 17.8. The first-order valence-electron chi connectivity index (χ1n) is 23.2. The number of para-hydroxylation sites is 5. The van der Waals surface area contributed by atoms with Crippen LogP contribution in [-0.2, 0) is 0 Å². The van der Waals surface area contributed by atoms with Crippen molar-refractivity contribution in [1.29, 1.82) is 0 Å². The highest BCUT2D eigenvalue weighted by atomic mass is 15.3. The summed E-state index contributed by atoms with van der Waals surface area (Å²) in [5.74, 6) is 1.33. The zero-order valence-electron chi connectivity index (χ0n) is 36.3. The predicted molar refractivity (Wildman–Crippen MR) is 275 cm³/mol. The Kier molecular flexibility index (Phi) is 7.58. The first-order valence-corrected chi connectivity index (χ1v) is 23.2. The smallest absolute Gasteiger partial charge is 0.236 e. The van der Waals surface area contributed by atoms with Gasteiger partial charge in [-0.05, 0) is 73.9 Å². The number of allylic oxidation sites excluding steroid dienone is 4. The molecule has 0 N–H and O–H groups in total. The van der Waals surface area contributed by atoms with Gasteiger partial charge in [-0.15, -0.1) is 0 Å². The number of benzene rings is 7. The van der Waals surface area contributed by atoms with Gasteiger partial charge in [-0.25, -0.2) is 4.98 Å². The van der Waals surface area contributed by atoms with Crippen LogP contribution in [0.4, 0.5) is 0 Å². The summed E-state index contributed by atoms with van der Waals surface area (Å²) in [4.78, 5) is 16.4. The van der Waals surface area contributed by atoms with Crippen molar-refractivity contribution in [3.05, 3.63) is 199 Å². The lowest BCUT2D eigenvalue weighted by Gasteiger charge is -2.18. The molecule has 6 heterocycles. The zero-order chi connectivity index (χ0) is 43.7.